The van der Waals surface area contributed by atoms with E-state index in [1.165, 1.54) is 6.07 Å². The second-order valence-corrected chi connectivity index (χ2v) is 10.4. The van der Waals surface area contributed by atoms with Gasteiger partial charge < -0.3 is 9.41 Å². The topological polar surface area (TPSA) is 42.1 Å². The highest BCUT2D eigenvalue weighted by molar-refractivity contribution is 6.74. The molecule has 0 saturated carbocycles. The fraction of sp³-hybridized carbons (Fsp3) is 0.583. The Hall–Kier alpha value is -0.873. The third-order valence-electron chi connectivity index (χ3n) is 3.30. The van der Waals surface area contributed by atoms with Crippen LogP contribution in [0, 0.1) is 0 Å². The summed E-state index contributed by atoms with van der Waals surface area (Å²) in [6, 6.07) is 1.53. The summed E-state index contributed by atoms with van der Waals surface area (Å²) in [5.41, 5.74) is 0.741. The van der Waals surface area contributed by atoms with Gasteiger partial charge in [0, 0.05) is 24.0 Å². The Kier molecular flexibility index (Phi) is 3.75. The maximum absolute atomic E-state index is 11.5. The van der Waals surface area contributed by atoms with E-state index in [-0.39, 0.29) is 10.5 Å². The van der Waals surface area contributed by atoms with Gasteiger partial charge in [0.2, 0.25) is 0 Å². The van der Waals surface area contributed by atoms with Gasteiger partial charge in [-0.3, -0.25) is 4.79 Å². The van der Waals surface area contributed by atoms with Gasteiger partial charge in [-0.25, -0.2) is 0 Å². The molecule has 1 heterocycles. The Morgan fingerprint density at radius 3 is 2.50 bits per heavy atom. The molecule has 0 radical (unpaired) electrons. The Labute approximate surface area is 98.0 Å². The van der Waals surface area contributed by atoms with Crippen LogP contribution < -0.4 is 5.43 Å². The van der Waals surface area contributed by atoms with Crippen LogP contribution in [0.25, 0.3) is 0 Å². The third kappa shape index (κ3) is 3.06. The Balaban J connectivity index is 2.73. The van der Waals surface area contributed by atoms with E-state index in [0.717, 1.165) is 0 Å². The number of nitrogens with one attached hydrogen (secondary N) is 1. The summed E-state index contributed by atoms with van der Waals surface area (Å²) in [6.45, 7) is 11.3. The van der Waals surface area contributed by atoms with Crippen molar-refractivity contribution < 1.29 is 4.43 Å². The van der Waals surface area contributed by atoms with Crippen molar-refractivity contribution in [1.29, 1.82) is 0 Å². The molecule has 4 heteroatoms. The summed E-state index contributed by atoms with van der Waals surface area (Å²) in [5, 5.41) is 0.175. The maximum atomic E-state index is 11.5. The summed E-state index contributed by atoms with van der Waals surface area (Å²) in [5.74, 6) is 0. The van der Waals surface area contributed by atoms with Crippen molar-refractivity contribution in [1.82, 2.24) is 4.98 Å². The van der Waals surface area contributed by atoms with Gasteiger partial charge in [-0.05, 0) is 18.1 Å². The minimum atomic E-state index is -1.76. The molecule has 0 bridgehead atoms. The van der Waals surface area contributed by atoms with Gasteiger partial charge in [-0.1, -0.05) is 20.8 Å². The van der Waals surface area contributed by atoms with E-state index in [1.54, 1.807) is 12.4 Å². The minimum absolute atomic E-state index is 0.0393. The van der Waals surface area contributed by atoms with Crippen molar-refractivity contribution in [3.8, 4) is 0 Å². The monoisotopic (exact) mass is 239 g/mol. The standard InChI is InChI=1S/C12H21NO2Si/c1-12(2,3)16(4,5)15-9-10-8-13-7-6-11(10)14/h6-8H,9H2,1-5H3,(H,13,14). The van der Waals surface area contributed by atoms with Gasteiger partial charge in [0.25, 0.3) is 0 Å². The average Bonchev–Trinajstić information content (AvgIpc) is 2.15. The highest BCUT2D eigenvalue weighted by atomic mass is 28.4. The molecule has 0 fully saturated rings. The lowest BCUT2D eigenvalue weighted by atomic mass is 10.2. The lowest BCUT2D eigenvalue weighted by Crippen LogP contribution is -2.40. The van der Waals surface area contributed by atoms with Crippen LogP contribution in [0.4, 0.5) is 0 Å². The van der Waals surface area contributed by atoms with E-state index >= 15 is 0 Å². The van der Waals surface area contributed by atoms with Crippen molar-refractivity contribution in [2.45, 2.75) is 45.5 Å². The first-order valence-electron chi connectivity index (χ1n) is 5.54. The molecule has 0 aliphatic carbocycles. The summed E-state index contributed by atoms with van der Waals surface area (Å²) in [4.78, 5) is 14.4. The van der Waals surface area contributed by atoms with Crippen molar-refractivity contribution in [3.63, 3.8) is 0 Å². The van der Waals surface area contributed by atoms with Crippen LogP contribution in [0.5, 0.6) is 0 Å². The number of aromatic amines is 1. The molecule has 3 nitrogen and oxygen atoms in total. The molecule has 0 unspecified atom stereocenters. The molecular formula is C12H21NO2Si. The molecule has 0 saturated heterocycles. The average molecular weight is 239 g/mol. The summed E-state index contributed by atoms with van der Waals surface area (Å²) < 4.78 is 5.98. The van der Waals surface area contributed by atoms with Gasteiger partial charge in [0.1, 0.15) is 0 Å². The highest BCUT2D eigenvalue weighted by Crippen LogP contribution is 2.36. The SMILES string of the molecule is CC(C)(C)[Si](C)(C)OCc1c[nH]ccc1=O. The fourth-order valence-electron chi connectivity index (χ4n) is 1.04. The van der Waals surface area contributed by atoms with Crippen LogP contribution in [-0.2, 0) is 11.0 Å². The van der Waals surface area contributed by atoms with Crippen LogP contribution in [0.3, 0.4) is 0 Å². The predicted octanol–water partition coefficient (Wildman–Crippen LogP) is 2.90. The number of H-pyrrole nitrogens is 1. The highest BCUT2D eigenvalue weighted by Gasteiger charge is 2.37. The molecular weight excluding hydrogens is 218 g/mol. The van der Waals surface area contributed by atoms with E-state index in [4.69, 9.17) is 4.43 Å². The number of hydrogen-bond donors (Lipinski definition) is 1. The first-order chi connectivity index (χ1) is 7.24. The Bertz CT molecular complexity index is 404. The van der Waals surface area contributed by atoms with E-state index in [9.17, 15) is 4.79 Å². The van der Waals surface area contributed by atoms with E-state index in [0.29, 0.717) is 12.2 Å². The molecule has 16 heavy (non-hydrogen) atoms. The van der Waals surface area contributed by atoms with Crippen molar-refractivity contribution in [2.24, 2.45) is 0 Å². The molecule has 1 N–H and O–H groups in total. The van der Waals surface area contributed by atoms with E-state index in [2.05, 4.69) is 38.8 Å². The van der Waals surface area contributed by atoms with Gasteiger partial charge in [0.15, 0.2) is 13.7 Å². The number of aromatic nitrogens is 1. The van der Waals surface area contributed by atoms with Crippen LogP contribution in [0.1, 0.15) is 26.3 Å². The van der Waals surface area contributed by atoms with Crippen LogP contribution in [-0.4, -0.2) is 13.3 Å². The van der Waals surface area contributed by atoms with Crippen molar-refractivity contribution >= 4 is 8.32 Å². The van der Waals surface area contributed by atoms with Gasteiger partial charge in [0.05, 0.1) is 6.61 Å². The molecule has 1 aromatic rings. The van der Waals surface area contributed by atoms with Gasteiger partial charge in [-0.15, -0.1) is 0 Å². The lowest BCUT2D eigenvalue weighted by molar-refractivity contribution is 0.275. The van der Waals surface area contributed by atoms with Crippen molar-refractivity contribution in [2.75, 3.05) is 0 Å². The van der Waals surface area contributed by atoms with Crippen LogP contribution >= 0.6 is 0 Å². The predicted molar refractivity (Wildman–Crippen MR) is 69.0 cm³/mol. The smallest absolute Gasteiger partial charge is 0.192 e. The quantitative estimate of drug-likeness (QED) is 0.824. The largest absolute Gasteiger partial charge is 0.412 e. The van der Waals surface area contributed by atoms with Crippen molar-refractivity contribution in [3.05, 3.63) is 34.2 Å². The number of pyridine rings is 1. The molecule has 0 aliphatic rings. The molecule has 1 rings (SSSR count). The second-order valence-electron chi connectivity index (χ2n) is 5.58. The summed E-state index contributed by atoms with van der Waals surface area (Å²) in [6.07, 6.45) is 3.35. The van der Waals surface area contributed by atoms with E-state index in [1.807, 2.05) is 0 Å². The zero-order chi connectivity index (χ0) is 12.4. The molecule has 0 spiro atoms. The third-order valence-corrected chi connectivity index (χ3v) is 7.78. The first-order valence-corrected chi connectivity index (χ1v) is 8.45. The van der Waals surface area contributed by atoms with E-state index < -0.39 is 8.32 Å². The molecule has 90 valence electrons. The zero-order valence-corrected chi connectivity index (χ0v) is 11.8. The van der Waals surface area contributed by atoms with Gasteiger partial charge in [-0.2, -0.15) is 0 Å². The van der Waals surface area contributed by atoms with Crippen LogP contribution in [0.2, 0.25) is 18.1 Å². The minimum Gasteiger partial charge on any atom is -0.412 e. The molecule has 1 aromatic heterocycles. The van der Waals surface area contributed by atoms with Gasteiger partial charge >= 0.3 is 0 Å². The summed E-state index contributed by atoms with van der Waals surface area (Å²) in [7, 11) is -1.76. The first kappa shape index (κ1) is 13.2. The molecule has 0 aliphatic heterocycles. The maximum Gasteiger partial charge on any atom is 0.192 e. The summed E-state index contributed by atoms with van der Waals surface area (Å²) >= 11 is 0. The molecule has 0 aromatic carbocycles. The molecule has 0 amide bonds. The normalized spacial score (nSPS) is 12.8. The fourth-order valence-corrected chi connectivity index (χ4v) is 1.99. The zero-order valence-electron chi connectivity index (χ0n) is 10.8. The molecule has 0 atom stereocenters. The lowest BCUT2D eigenvalue weighted by Gasteiger charge is -2.36. The number of rotatable bonds is 3. The number of hydrogen-bond acceptors (Lipinski definition) is 2. The Morgan fingerprint density at radius 2 is 2.00 bits per heavy atom. The Morgan fingerprint density at radius 1 is 1.38 bits per heavy atom. The second kappa shape index (κ2) is 4.55. The van der Waals surface area contributed by atoms with Crippen LogP contribution in [0.15, 0.2) is 23.3 Å².